The summed E-state index contributed by atoms with van der Waals surface area (Å²) in [5.74, 6) is 2.54. The van der Waals surface area contributed by atoms with E-state index in [1.807, 2.05) is 0 Å². The van der Waals surface area contributed by atoms with Crippen molar-refractivity contribution in [2.24, 2.45) is 5.41 Å². The first-order chi connectivity index (χ1) is 7.97. The molecule has 2 nitrogen and oxygen atoms in total. The summed E-state index contributed by atoms with van der Waals surface area (Å²) in [6, 6.07) is 0. The fourth-order valence-electron chi connectivity index (χ4n) is 2.22. The van der Waals surface area contributed by atoms with Gasteiger partial charge >= 0.3 is 0 Å². The summed E-state index contributed by atoms with van der Waals surface area (Å²) in [4.78, 5) is 0. The van der Waals surface area contributed by atoms with E-state index in [-0.39, 0.29) is 5.54 Å². The van der Waals surface area contributed by atoms with Crippen LogP contribution in [0.5, 0.6) is 0 Å². The first-order valence-corrected chi connectivity index (χ1v) is 8.03. The predicted octanol–water partition coefficient (Wildman–Crippen LogP) is 3.31. The van der Waals surface area contributed by atoms with Gasteiger partial charge in [0.2, 0.25) is 0 Å². The Bertz CT molecular complexity index is 207. The molecule has 0 radical (unpaired) electrons. The molecule has 17 heavy (non-hydrogen) atoms. The van der Waals surface area contributed by atoms with Crippen molar-refractivity contribution in [3.05, 3.63) is 0 Å². The Labute approximate surface area is 111 Å². The molecule has 1 aliphatic heterocycles. The molecule has 1 saturated heterocycles. The van der Waals surface area contributed by atoms with E-state index in [9.17, 15) is 0 Å². The Hall–Kier alpha value is 0.270. The lowest BCUT2D eigenvalue weighted by Gasteiger charge is -2.32. The van der Waals surface area contributed by atoms with Gasteiger partial charge in [-0.05, 0) is 51.5 Å². The van der Waals surface area contributed by atoms with E-state index in [0.29, 0.717) is 5.41 Å². The lowest BCUT2D eigenvalue weighted by atomic mass is 9.82. The van der Waals surface area contributed by atoms with Crippen molar-refractivity contribution in [2.45, 2.75) is 52.5 Å². The SMILES string of the molecule is CCSCCCC1(CNC(C)(C)C)CCOC1. The summed E-state index contributed by atoms with van der Waals surface area (Å²) in [5.41, 5.74) is 0.620. The molecule has 1 N–H and O–H groups in total. The van der Waals surface area contributed by atoms with Gasteiger partial charge in [-0.2, -0.15) is 11.8 Å². The molecule has 3 heteroatoms. The normalized spacial score (nSPS) is 25.4. The van der Waals surface area contributed by atoms with Crippen LogP contribution in [0.25, 0.3) is 0 Å². The van der Waals surface area contributed by atoms with Crippen LogP contribution in [0.15, 0.2) is 0 Å². The fourth-order valence-corrected chi connectivity index (χ4v) is 2.86. The number of hydrogen-bond donors (Lipinski definition) is 1. The van der Waals surface area contributed by atoms with Crippen molar-refractivity contribution in [3.8, 4) is 0 Å². The Morgan fingerprint density at radius 3 is 2.65 bits per heavy atom. The second-order valence-electron chi connectivity index (χ2n) is 6.21. The molecule has 1 unspecified atom stereocenters. The van der Waals surface area contributed by atoms with Crippen LogP contribution in [-0.2, 0) is 4.74 Å². The van der Waals surface area contributed by atoms with Crippen LogP contribution < -0.4 is 5.32 Å². The van der Waals surface area contributed by atoms with Gasteiger partial charge in [0, 0.05) is 24.1 Å². The second-order valence-corrected chi connectivity index (χ2v) is 7.60. The van der Waals surface area contributed by atoms with Crippen LogP contribution in [-0.4, -0.2) is 36.8 Å². The number of thioether (sulfide) groups is 1. The average molecular weight is 259 g/mol. The van der Waals surface area contributed by atoms with Crippen molar-refractivity contribution >= 4 is 11.8 Å². The van der Waals surface area contributed by atoms with E-state index in [4.69, 9.17) is 4.74 Å². The maximum absolute atomic E-state index is 5.64. The summed E-state index contributed by atoms with van der Waals surface area (Å²) in [6.07, 6.45) is 3.86. The van der Waals surface area contributed by atoms with E-state index in [0.717, 1.165) is 19.8 Å². The Balaban J connectivity index is 2.34. The minimum Gasteiger partial charge on any atom is -0.381 e. The summed E-state index contributed by atoms with van der Waals surface area (Å²) >= 11 is 2.05. The molecule has 0 aromatic carbocycles. The molecule has 0 aromatic heterocycles. The van der Waals surface area contributed by atoms with Gasteiger partial charge in [0.1, 0.15) is 0 Å². The number of nitrogens with one attached hydrogen (secondary N) is 1. The van der Waals surface area contributed by atoms with Crippen molar-refractivity contribution in [3.63, 3.8) is 0 Å². The molecular formula is C14H29NOS. The third kappa shape index (κ3) is 6.12. The largest absolute Gasteiger partial charge is 0.381 e. The third-order valence-corrected chi connectivity index (χ3v) is 4.36. The fraction of sp³-hybridized carbons (Fsp3) is 1.00. The first-order valence-electron chi connectivity index (χ1n) is 6.88. The molecule has 0 aromatic rings. The number of rotatable bonds is 7. The third-order valence-electron chi connectivity index (χ3n) is 3.38. The summed E-state index contributed by atoms with van der Waals surface area (Å²) in [7, 11) is 0. The average Bonchev–Trinajstić information content (AvgIpc) is 2.71. The van der Waals surface area contributed by atoms with Gasteiger partial charge in [0.05, 0.1) is 6.61 Å². The van der Waals surface area contributed by atoms with Gasteiger partial charge in [0.25, 0.3) is 0 Å². The zero-order chi connectivity index (χ0) is 12.8. The zero-order valence-electron chi connectivity index (χ0n) is 12.0. The molecule has 0 saturated carbocycles. The summed E-state index contributed by atoms with van der Waals surface area (Å²) in [6.45, 7) is 12.0. The minimum absolute atomic E-state index is 0.216. The lowest BCUT2D eigenvalue weighted by molar-refractivity contribution is 0.138. The quantitative estimate of drug-likeness (QED) is 0.709. The Kier molecular flexibility index (Phi) is 6.32. The highest BCUT2D eigenvalue weighted by Gasteiger charge is 2.34. The maximum Gasteiger partial charge on any atom is 0.0535 e. The van der Waals surface area contributed by atoms with Gasteiger partial charge in [-0.25, -0.2) is 0 Å². The van der Waals surface area contributed by atoms with Gasteiger partial charge < -0.3 is 10.1 Å². The van der Waals surface area contributed by atoms with E-state index >= 15 is 0 Å². The van der Waals surface area contributed by atoms with E-state index < -0.39 is 0 Å². The molecule has 1 atom stereocenters. The lowest BCUT2D eigenvalue weighted by Crippen LogP contribution is -2.44. The first kappa shape index (κ1) is 15.3. The van der Waals surface area contributed by atoms with Crippen LogP contribution >= 0.6 is 11.8 Å². The highest BCUT2D eigenvalue weighted by Crippen LogP contribution is 2.34. The molecule has 0 aliphatic carbocycles. The monoisotopic (exact) mass is 259 g/mol. The highest BCUT2D eigenvalue weighted by molar-refractivity contribution is 7.99. The Morgan fingerprint density at radius 2 is 2.12 bits per heavy atom. The van der Waals surface area contributed by atoms with Crippen molar-refractivity contribution in [2.75, 3.05) is 31.3 Å². The van der Waals surface area contributed by atoms with Gasteiger partial charge in [-0.3, -0.25) is 0 Å². The van der Waals surface area contributed by atoms with Gasteiger partial charge in [-0.15, -0.1) is 0 Å². The van der Waals surface area contributed by atoms with E-state index in [2.05, 4.69) is 44.8 Å². The van der Waals surface area contributed by atoms with Crippen LogP contribution in [0.4, 0.5) is 0 Å². The topological polar surface area (TPSA) is 21.3 Å². The van der Waals surface area contributed by atoms with Crippen molar-refractivity contribution < 1.29 is 4.74 Å². The molecule has 0 amide bonds. The smallest absolute Gasteiger partial charge is 0.0535 e. The molecule has 1 rings (SSSR count). The van der Waals surface area contributed by atoms with Crippen molar-refractivity contribution in [1.29, 1.82) is 0 Å². The minimum atomic E-state index is 0.216. The van der Waals surface area contributed by atoms with Gasteiger partial charge in [0.15, 0.2) is 0 Å². The molecule has 1 aliphatic rings. The second kappa shape index (κ2) is 7.01. The highest BCUT2D eigenvalue weighted by atomic mass is 32.2. The van der Waals surface area contributed by atoms with Crippen LogP contribution in [0.1, 0.15) is 47.0 Å². The molecule has 102 valence electrons. The standard InChI is InChI=1S/C14H29NOS/c1-5-17-10-6-7-14(8-9-16-12-14)11-15-13(2,3)4/h15H,5-12H2,1-4H3. The summed E-state index contributed by atoms with van der Waals surface area (Å²) in [5, 5.41) is 3.66. The summed E-state index contributed by atoms with van der Waals surface area (Å²) < 4.78 is 5.64. The van der Waals surface area contributed by atoms with E-state index in [1.54, 1.807) is 0 Å². The van der Waals surface area contributed by atoms with Gasteiger partial charge in [-0.1, -0.05) is 6.92 Å². The van der Waals surface area contributed by atoms with Crippen LogP contribution in [0.2, 0.25) is 0 Å². The zero-order valence-corrected chi connectivity index (χ0v) is 12.8. The van der Waals surface area contributed by atoms with E-state index in [1.165, 1.54) is 30.8 Å². The van der Waals surface area contributed by atoms with Crippen LogP contribution in [0, 0.1) is 5.41 Å². The van der Waals surface area contributed by atoms with Crippen LogP contribution in [0.3, 0.4) is 0 Å². The number of ether oxygens (including phenoxy) is 1. The molecule has 0 bridgehead atoms. The Morgan fingerprint density at radius 1 is 1.35 bits per heavy atom. The molecule has 1 heterocycles. The maximum atomic E-state index is 5.64. The number of hydrogen-bond acceptors (Lipinski definition) is 3. The molecular weight excluding hydrogens is 230 g/mol. The van der Waals surface area contributed by atoms with Crippen molar-refractivity contribution in [1.82, 2.24) is 5.32 Å². The predicted molar refractivity (Wildman–Crippen MR) is 77.9 cm³/mol. The molecule has 1 fully saturated rings. The molecule has 0 spiro atoms.